The Morgan fingerprint density at radius 3 is 2.62 bits per heavy atom. The Bertz CT molecular complexity index is 354. The molecule has 1 N–H and O–H groups in total. The number of aliphatic hydroxyl groups is 1. The van der Waals surface area contributed by atoms with E-state index in [1.807, 2.05) is 6.92 Å². The molecule has 90 valence electrons. The minimum Gasteiger partial charge on any atom is -0.396 e. The van der Waals surface area contributed by atoms with Crippen LogP contribution in [0.15, 0.2) is 18.2 Å². The number of benzene rings is 1. The van der Waals surface area contributed by atoms with Gasteiger partial charge in [-0.2, -0.15) is 0 Å². The molecule has 1 aromatic rings. The van der Waals surface area contributed by atoms with Crippen molar-refractivity contribution in [2.24, 2.45) is 5.41 Å². The number of rotatable bonds is 5. The van der Waals surface area contributed by atoms with Crippen LogP contribution in [0, 0.1) is 11.2 Å². The van der Waals surface area contributed by atoms with Crippen molar-refractivity contribution < 1.29 is 9.50 Å². The molecule has 0 spiro atoms. The molecule has 0 fully saturated rings. The molecule has 16 heavy (non-hydrogen) atoms. The van der Waals surface area contributed by atoms with Gasteiger partial charge in [-0.15, -0.1) is 0 Å². The van der Waals surface area contributed by atoms with E-state index < -0.39 is 5.82 Å². The van der Waals surface area contributed by atoms with Crippen LogP contribution in [-0.4, -0.2) is 11.7 Å². The minimum absolute atomic E-state index is 0.135. The fourth-order valence-electron chi connectivity index (χ4n) is 1.97. The lowest BCUT2D eigenvalue weighted by Crippen LogP contribution is -2.24. The molecule has 1 nitrogen and oxygen atoms in total. The first kappa shape index (κ1) is 13.5. The molecule has 0 saturated carbocycles. The fraction of sp³-hybridized carbons (Fsp3) is 0.538. The van der Waals surface area contributed by atoms with Crippen molar-refractivity contribution in [3.8, 4) is 0 Å². The Balaban J connectivity index is 2.81. The zero-order valence-corrected chi connectivity index (χ0v) is 10.5. The largest absolute Gasteiger partial charge is 0.396 e. The second-order valence-electron chi connectivity index (χ2n) is 4.64. The molecule has 1 rings (SSSR count). The van der Waals surface area contributed by atoms with Crippen molar-refractivity contribution in [1.29, 1.82) is 0 Å². The summed E-state index contributed by atoms with van der Waals surface area (Å²) < 4.78 is 13.0. The van der Waals surface area contributed by atoms with E-state index in [0.29, 0.717) is 0 Å². The Hall–Kier alpha value is -0.600. The van der Waals surface area contributed by atoms with Crippen molar-refractivity contribution in [3.63, 3.8) is 0 Å². The van der Waals surface area contributed by atoms with E-state index in [-0.39, 0.29) is 17.0 Å². The van der Waals surface area contributed by atoms with Gasteiger partial charge in [-0.1, -0.05) is 37.9 Å². The van der Waals surface area contributed by atoms with Gasteiger partial charge in [-0.3, -0.25) is 0 Å². The van der Waals surface area contributed by atoms with Crippen LogP contribution in [0.3, 0.4) is 0 Å². The van der Waals surface area contributed by atoms with Crippen molar-refractivity contribution in [2.45, 2.75) is 33.1 Å². The molecule has 0 amide bonds. The average molecular weight is 245 g/mol. The zero-order valence-electron chi connectivity index (χ0n) is 9.76. The summed E-state index contributed by atoms with van der Waals surface area (Å²) in [6.07, 6.45) is 2.68. The normalized spacial score (nSPS) is 14.8. The second-order valence-corrected chi connectivity index (χ2v) is 5.05. The molecule has 3 heteroatoms. The first-order chi connectivity index (χ1) is 7.50. The van der Waals surface area contributed by atoms with E-state index in [2.05, 4.69) is 6.92 Å². The van der Waals surface area contributed by atoms with Crippen molar-refractivity contribution in [1.82, 2.24) is 0 Å². The van der Waals surface area contributed by atoms with E-state index in [0.717, 1.165) is 24.8 Å². The summed E-state index contributed by atoms with van der Waals surface area (Å²) in [6.45, 7) is 4.26. The topological polar surface area (TPSA) is 20.2 Å². The second kappa shape index (κ2) is 5.65. The zero-order chi connectivity index (χ0) is 12.2. The third kappa shape index (κ3) is 3.46. The van der Waals surface area contributed by atoms with Crippen LogP contribution in [0.5, 0.6) is 0 Å². The first-order valence-corrected chi connectivity index (χ1v) is 5.93. The lowest BCUT2D eigenvalue weighted by molar-refractivity contribution is 0.131. The molecule has 0 heterocycles. The Labute approximate surface area is 101 Å². The van der Waals surface area contributed by atoms with Gasteiger partial charge in [0.2, 0.25) is 0 Å². The predicted octanol–water partition coefficient (Wildman–Crippen LogP) is 3.82. The first-order valence-electron chi connectivity index (χ1n) is 5.55. The highest BCUT2D eigenvalue weighted by molar-refractivity contribution is 6.30. The summed E-state index contributed by atoms with van der Waals surface area (Å²) in [4.78, 5) is 0. The van der Waals surface area contributed by atoms with Crippen LogP contribution in [0.2, 0.25) is 5.02 Å². The van der Waals surface area contributed by atoms with Crippen LogP contribution in [0.1, 0.15) is 32.3 Å². The lowest BCUT2D eigenvalue weighted by atomic mass is 9.80. The van der Waals surface area contributed by atoms with Crippen molar-refractivity contribution in [2.75, 3.05) is 6.61 Å². The summed E-state index contributed by atoms with van der Waals surface area (Å²) in [7, 11) is 0. The average Bonchev–Trinajstić information content (AvgIpc) is 2.24. The van der Waals surface area contributed by atoms with E-state index >= 15 is 0 Å². The van der Waals surface area contributed by atoms with Crippen molar-refractivity contribution in [3.05, 3.63) is 34.6 Å². The maximum absolute atomic E-state index is 13.0. The number of halogens is 2. The molecule has 0 aliphatic heterocycles. The molecule has 0 aliphatic rings. The molecule has 0 radical (unpaired) electrons. The van der Waals surface area contributed by atoms with Gasteiger partial charge in [0.05, 0.1) is 5.02 Å². The molecular weight excluding hydrogens is 227 g/mol. The molecule has 0 bridgehead atoms. The molecule has 0 aromatic heterocycles. The molecule has 1 aromatic carbocycles. The van der Waals surface area contributed by atoms with Gasteiger partial charge in [-0.05, 0) is 36.0 Å². The molecule has 1 atom stereocenters. The molecule has 0 aliphatic carbocycles. The van der Waals surface area contributed by atoms with E-state index in [1.54, 1.807) is 12.1 Å². The highest BCUT2D eigenvalue weighted by atomic mass is 35.5. The maximum Gasteiger partial charge on any atom is 0.141 e. The fourth-order valence-corrected chi connectivity index (χ4v) is 2.17. The highest BCUT2D eigenvalue weighted by Gasteiger charge is 2.23. The Kier molecular flexibility index (Phi) is 4.75. The summed E-state index contributed by atoms with van der Waals surface area (Å²) in [5.74, 6) is -0.397. The molecule has 1 unspecified atom stereocenters. The Morgan fingerprint density at radius 2 is 2.12 bits per heavy atom. The quantitative estimate of drug-likeness (QED) is 0.835. The lowest BCUT2D eigenvalue weighted by Gasteiger charge is -2.27. The number of hydrogen-bond donors (Lipinski definition) is 1. The molecule has 0 saturated heterocycles. The minimum atomic E-state index is -0.397. The summed E-state index contributed by atoms with van der Waals surface area (Å²) >= 11 is 5.73. The highest BCUT2D eigenvalue weighted by Crippen LogP contribution is 2.29. The summed E-state index contributed by atoms with van der Waals surface area (Å²) in [5, 5.41) is 9.54. The van der Waals surface area contributed by atoms with Crippen LogP contribution < -0.4 is 0 Å². The maximum atomic E-state index is 13.0. The SMILES string of the molecule is CCCC(C)(CO)Cc1ccc(F)c(Cl)c1. The van der Waals surface area contributed by atoms with Gasteiger partial charge in [0.25, 0.3) is 0 Å². The monoisotopic (exact) mass is 244 g/mol. The van der Waals surface area contributed by atoms with Crippen LogP contribution in [0.4, 0.5) is 4.39 Å². The third-order valence-corrected chi connectivity index (χ3v) is 3.14. The van der Waals surface area contributed by atoms with E-state index in [1.165, 1.54) is 6.07 Å². The van der Waals surface area contributed by atoms with Gasteiger partial charge in [0.15, 0.2) is 0 Å². The van der Waals surface area contributed by atoms with Gasteiger partial charge in [-0.25, -0.2) is 4.39 Å². The molecular formula is C13H18ClFO. The van der Waals surface area contributed by atoms with E-state index in [4.69, 9.17) is 11.6 Å². The summed E-state index contributed by atoms with van der Waals surface area (Å²) in [6, 6.07) is 4.74. The van der Waals surface area contributed by atoms with Gasteiger partial charge in [0, 0.05) is 6.61 Å². The summed E-state index contributed by atoms with van der Waals surface area (Å²) in [5.41, 5.74) is 0.826. The third-order valence-electron chi connectivity index (χ3n) is 2.85. The van der Waals surface area contributed by atoms with Crippen LogP contribution in [0.25, 0.3) is 0 Å². The van der Waals surface area contributed by atoms with E-state index in [9.17, 15) is 9.50 Å². The smallest absolute Gasteiger partial charge is 0.141 e. The predicted molar refractivity (Wildman–Crippen MR) is 65.2 cm³/mol. The number of aliphatic hydroxyl groups excluding tert-OH is 1. The number of hydrogen-bond acceptors (Lipinski definition) is 1. The van der Waals surface area contributed by atoms with Crippen molar-refractivity contribution >= 4 is 11.6 Å². The standard InChI is InChI=1S/C13H18ClFO/c1-3-6-13(2,9-16)8-10-4-5-12(15)11(14)7-10/h4-5,7,16H,3,6,8-9H2,1-2H3. The van der Waals surface area contributed by atoms with Gasteiger partial charge < -0.3 is 5.11 Å². The Morgan fingerprint density at radius 1 is 1.44 bits per heavy atom. The van der Waals surface area contributed by atoms with Crippen LogP contribution >= 0.6 is 11.6 Å². The van der Waals surface area contributed by atoms with Gasteiger partial charge in [0.1, 0.15) is 5.82 Å². The van der Waals surface area contributed by atoms with Gasteiger partial charge >= 0.3 is 0 Å². The van der Waals surface area contributed by atoms with Crippen LogP contribution in [-0.2, 0) is 6.42 Å².